The molecule has 2 N–H and O–H groups in total. The molecule has 0 bridgehead atoms. The molecule has 18 heavy (non-hydrogen) atoms. The van der Waals surface area contributed by atoms with E-state index in [4.69, 9.17) is 4.74 Å². The van der Waals surface area contributed by atoms with Crippen LogP contribution < -0.4 is 10.1 Å². The van der Waals surface area contributed by atoms with Crippen molar-refractivity contribution in [3.05, 3.63) is 23.8 Å². The summed E-state index contributed by atoms with van der Waals surface area (Å²) >= 11 is 4.07. The summed E-state index contributed by atoms with van der Waals surface area (Å²) in [5.74, 6) is 4.54. The van der Waals surface area contributed by atoms with E-state index in [1.807, 2.05) is 35.7 Å². The van der Waals surface area contributed by atoms with E-state index in [9.17, 15) is 5.11 Å². The van der Waals surface area contributed by atoms with Gasteiger partial charge in [0.2, 0.25) is 0 Å². The number of thioether (sulfide) groups is 2. The summed E-state index contributed by atoms with van der Waals surface area (Å²) < 4.78 is 5.10. The number of benzene rings is 1. The van der Waals surface area contributed by atoms with E-state index in [-0.39, 0.29) is 5.75 Å². The van der Waals surface area contributed by atoms with Crippen LogP contribution in [0.15, 0.2) is 18.2 Å². The van der Waals surface area contributed by atoms with Gasteiger partial charge in [-0.05, 0) is 6.07 Å². The Bertz CT molecular complexity index is 381. The first-order chi connectivity index (χ1) is 8.81. The van der Waals surface area contributed by atoms with Crippen LogP contribution in [0.2, 0.25) is 0 Å². The van der Waals surface area contributed by atoms with E-state index < -0.39 is 0 Å². The second kappa shape index (κ2) is 7.16. The van der Waals surface area contributed by atoms with Gasteiger partial charge in [-0.25, -0.2) is 0 Å². The quantitative estimate of drug-likeness (QED) is 0.869. The summed E-state index contributed by atoms with van der Waals surface area (Å²) in [6, 6.07) is 5.60. The molecule has 5 heteroatoms. The lowest BCUT2D eigenvalue weighted by atomic mass is 10.2. The van der Waals surface area contributed by atoms with Gasteiger partial charge < -0.3 is 15.2 Å². The second-order valence-corrected chi connectivity index (χ2v) is 6.72. The number of nitrogens with one attached hydrogen (secondary N) is 1. The lowest BCUT2D eigenvalue weighted by Crippen LogP contribution is -2.28. The lowest BCUT2D eigenvalue weighted by molar-refractivity contribution is 0.369. The van der Waals surface area contributed by atoms with Gasteiger partial charge in [0.1, 0.15) is 0 Å². The van der Waals surface area contributed by atoms with Crippen LogP contribution in [0.5, 0.6) is 11.5 Å². The SMILES string of the molecule is COc1cccc(CNCC2CSCCS2)c1O. The van der Waals surface area contributed by atoms with Crippen LogP contribution >= 0.6 is 23.5 Å². The van der Waals surface area contributed by atoms with E-state index in [1.54, 1.807) is 13.2 Å². The molecule has 1 saturated heterocycles. The molecule has 1 aliphatic rings. The fourth-order valence-corrected chi connectivity index (χ4v) is 4.54. The molecule has 3 nitrogen and oxygen atoms in total. The predicted molar refractivity (Wildman–Crippen MR) is 79.9 cm³/mol. The van der Waals surface area contributed by atoms with Gasteiger partial charge in [0.15, 0.2) is 11.5 Å². The average molecular weight is 285 g/mol. The molecule has 2 rings (SSSR count). The molecular weight excluding hydrogens is 266 g/mol. The summed E-state index contributed by atoms with van der Waals surface area (Å²) in [5.41, 5.74) is 0.891. The van der Waals surface area contributed by atoms with Gasteiger partial charge in [0.25, 0.3) is 0 Å². The van der Waals surface area contributed by atoms with Gasteiger partial charge in [0, 0.05) is 41.2 Å². The normalized spacial score (nSPS) is 19.7. The maximum Gasteiger partial charge on any atom is 0.162 e. The molecule has 100 valence electrons. The van der Waals surface area contributed by atoms with Crippen LogP contribution in [0.25, 0.3) is 0 Å². The third-order valence-electron chi connectivity index (χ3n) is 2.87. The summed E-state index contributed by atoms with van der Waals surface area (Å²) in [4.78, 5) is 0. The fourth-order valence-electron chi connectivity index (χ4n) is 1.90. The summed E-state index contributed by atoms with van der Waals surface area (Å²) in [6.07, 6.45) is 0. The van der Waals surface area contributed by atoms with Crippen LogP contribution in [0, 0.1) is 0 Å². The number of ether oxygens (including phenoxy) is 1. The number of rotatable bonds is 5. The van der Waals surface area contributed by atoms with Crippen molar-refractivity contribution in [2.75, 3.05) is 30.9 Å². The van der Waals surface area contributed by atoms with Crippen molar-refractivity contribution in [1.29, 1.82) is 0 Å². The minimum absolute atomic E-state index is 0.248. The molecule has 1 atom stereocenters. The van der Waals surface area contributed by atoms with E-state index in [1.165, 1.54) is 17.3 Å². The van der Waals surface area contributed by atoms with Gasteiger partial charge in [-0.3, -0.25) is 0 Å². The van der Waals surface area contributed by atoms with Gasteiger partial charge in [-0.15, -0.1) is 0 Å². The van der Waals surface area contributed by atoms with Crippen molar-refractivity contribution in [3.8, 4) is 11.5 Å². The smallest absolute Gasteiger partial charge is 0.162 e. The maximum absolute atomic E-state index is 9.95. The Morgan fingerprint density at radius 2 is 2.33 bits per heavy atom. The Morgan fingerprint density at radius 1 is 1.44 bits per heavy atom. The highest BCUT2D eigenvalue weighted by Gasteiger charge is 2.14. The Hall–Kier alpha value is -0.520. The van der Waals surface area contributed by atoms with E-state index in [0.717, 1.165) is 12.1 Å². The number of phenols is 1. The third-order valence-corrected chi connectivity index (χ3v) is 5.72. The highest BCUT2D eigenvalue weighted by Crippen LogP contribution is 2.29. The van der Waals surface area contributed by atoms with E-state index in [0.29, 0.717) is 17.5 Å². The molecular formula is C13H19NO2S2. The maximum atomic E-state index is 9.95. The zero-order valence-electron chi connectivity index (χ0n) is 10.5. The van der Waals surface area contributed by atoms with Gasteiger partial charge >= 0.3 is 0 Å². The predicted octanol–water partition coefficient (Wildman–Crippen LogP) is 2.34. The Labute approximate surface area is 117 Å². The molecule has 0 amide bonds. The first kappa shape index (κ1) is 13.9. The van der Waals surface area contributed by atoms with Gasteiger partial charge in [-0.2, -0.15) is 23.5 Å². The molecule has 1 aromatic carbocycles. The molecule has 0 radical (unpaired) electrons. The molecule has 1 fully saturated rings. The standard InChI is InChI=1S/C13H19NO2S2/c1-16-12-4-2-3-10(13(12)15)7-14-8-11-9-17-5-6-18-11/h2-4,11,14-15H,5-9H2,1H3. The topological polar surface area (TPSA) is 41.5 Å². The number of para-hydroxylation sites is 1. The highest BCUT2D eigenvalue weighted by atomic mass is 32.2. The van der Waals surface area contributed by atoms with Crippen LogP contribution in [0.4, 0.5) is 0 Å². The number of phenolic OH excluding ortho intramolecular Hbond substituents is 1. The van der Waals surface area contributed by atoms with Crippen molar-refractivity contribution in [2.45, 2.75) is 11.8 Å². The number of methoxy groups -OCH3 is 1. The summed E-state index contributed by atoms with van der Waals surface area (Å²) in [7, 11) is 1.57. The minimum Gasteiger partial charge on any atom is -0.504 e. The molecule has 1 aromatic rings. The van der Waals surface area contributed by atoms with Gasteiger partial charge in [0.05, 0.1) is 7.11 Å². The zero-order chi connectivity index (χ0) is 12.8. The largest absolute Gasteiger partial charge is 0.504 e. The molecule has 0 aliphatic carbocycles. The van der Waals surface area contributed by atoms with Crippen LogP contribution in [-0.2, 0) is 6.54 Å². The fraction of sp³-hybridized carbons (Fsp3) is 0.538. The summed E-state index contributed by atoms with van der Waals surface area (Å²) in [5, 5.41) is 14.1. The number of hydrogen-bond donors (Lipinski definition) is 2. The Kier molecular flexibility index (Phi) is 5.53. The van der Waals surface area contributed by atoms with Crippen LogP contribution in [-0.4, -0.2) is 41.3 Å². The molecule has 0 aromatic heterocycles. The number of aromatic hydroxyl groups is 1. The van der Waals surface area contributed by atoms with Crippen molar-refractivity contribution < 1.29 is 9.84 Å². The highest BCUT2D eigenvalue weighted by molar-refractivity contribution is 8.06. The monoisotopic (exact) mass is 285 g/mol. The van der Waals surface area contributed by atoms with Crippen molar-refractivity contribution >= 4 is 23.5 Å². The Balaban J connectivity index is 1.82. The van der Waals surface area contributed by atoms with Crippen molar-refractivity contribution in [1.82, 2.24) is 5.32 Å². The van der Waals surface area contributed by atoms with Crippen LogP contribution in [0.3, 0.4) is 0 Å². The molecule has 1 unspecified atom stereocenters. The molecule has 1 heterocycles. The van der Waals surface area contributed by atoms with E-state index >= 15 is 0 Å². The molecule has 0 spiro atoms. The molecule has 1 aliphatic heterocycles. The average Bonchev–Trinajstić information content (AvgIpc) is 2.42. The van der Waals surface area contributed by atoms with Gasteiger partial charge in [-0.1, -0.05) is 12.1 Å². The number of hydrogen-bond acceptors (Lipinski definition) is 5. The Morgan fingerprint density at radius 3 is 3.06 bits per heavy atom. The van der Waals surface area contributed by atoms with Crippen LogP contribution in [0.1, 0.15) is 5.56 Å². The lowest BCUT2D eigenvalue weighted by Gasteiger charge is -2.21. The van der Waals surface area contributed by atoms with Crippen molar-refractivity contribution in [3.63, 3.8) is 0 Å². The first-order valence-electron chi connectivity index (χ1n) is 6.06. The third kappa shape index (κ3) is 3.73. The minimum atomic E-state index is 0.248. The van der Waals surface area contributed by atoms with E-state index in [2.05, 4.69) is 5.32 Å². The first-order valence-corrected chi connectivity index (χ1v) is 8.26. The summed E-state index contributed by atoms with van der Waals surface area (Å²) in [6.45, 7) is 1.68. The van der Waals surface area contributed by atoms with Crippen molar-refractivity contribution in [2.24, 2.45) is 0 Å². The zero-order valence-corrected chi connectivity index (χ0v) is 12.1. The molecule has 0 saturated carbocycles. The second-order valence-electron chi connectivity index (χ2n) is 4.17.